The van der Waals surface area contributed by atoms with Crippen LogP contribution in [0.5, 0.6) is 5.75 Å². The number of carbonyl (C=O) groups is 1. The Kier molecular flexibility index (Phi) is 17.5. The largest absolute Gasteiger partial charge is 0.496 e. The Morgan fingerprint density at radius 1 is 0.944 bits per heavy atom. The van der Waals surface area contributed by atoms with Crippen molar-refractivity contribution in [2.24, 2.45) is 0 Å². The van der Waals surface area contributed by atoms with Crippen molar-refractivity contribution in [3.8, 4) is 5.75 Å². The van der Waals surface area contributed by atoms with Gasteiger partial charge in [0.15, 0.2) is 6.29 Å². The average molecular weight is 507 g/mol. The lowest BCUT2D eigenvalue weighted by Gasteiger charge is -2.12. The number of aryl methyl sites for hydroxylation is 3. The lowest BCUT2D eigenvalue weighted by atomic mass is 9.94. The van der Waals surface area contributed by atoms with E-state index in [0.29, 0.717) is 22.6 Å². The smallest absolute Gasteiger partial charge is 0.153 e. The lowest BCUT2D eigenvalue weighted by molar-refractivity contribution is 0.112. The molecule has 0 amide bonds. The number of halogens is 1. The molecule has 0 unspecified atom stereocenters. The van der Waals surface area contributed by atoms with Gasteiger partial charge in [0, 0.05) is 5.02 Å². The molecular weight excluding hydrogens is 464 g/mol. The summed E-state index contributed by atoms with van der Waals surface area (Å²) in [5, 5.41) is 0.535. The minimum Gasteiger partial charge on any atom is -0.496 e. The van der Waals surface area contributed by atoms with E-state index in [0.717, 1.165) is 12.8 Å². The molecule has 0 spiro atoms. The SMILES string of the molecule is C=C.CC.CC(C)=C(CCCc1ccccc1C)c1ccc(C)cc1.COc1ccc(Cl)cc1C=O. The van der Waals surface area contributed by atoms with Crippen molar-refractivity contribution >= 4 is 23.5 Å². The number of allylic oxidation sites excluding steroid dienone is 2. The molecule has 3 heteroatoms. The fraction of sp³-hybridized carbons (Fsp3) is 0.303. The Bertz CT molecular complexity index is 1060. The molecule has 0 N–H and O–H groups in total. The summed E-state index contributed by atoms with van der Waals surface area (Å²) >= 11 is 5.64. The van der Waals surface area contributed by atoms with Gasteiger partial charge < -0.3 is 4.74 Å². The van der Waals surface area contributed by atoms with Crippen LogP contribution in [0.25, 0.3) is 5.57 Å². The van der Waals surface area contributed by atoms with E-state index in [1.807, 2.05) is 13.8 Å². The van der Waals surface area contributed by atoms with E-state index in [4.69, 9.17) is 16.3 Å². The molecule has 0 aromatic heterocycles. The number of hydrogen-bond donors (Lipinski definition) is 0. The van der Waals surface area contributed by atoms with Gasteiger partial charge in [-0.05, 0) is 87.4 Å². The second kappa shape index (κ2) is 19.1. The fourth-order valence-corrected chi connectivity index (χ4v) is 3.76. The molecule has 0 heterocycles. The highest BCUT2D eigenvalue weighted by atomic mass is 35.5. The highest BCUT2D eigenvalue weighted by Crippen LogP contribution is 2.25. The zero-order chi connectivity index (χ0) is 27.5. The molecule has 0 bridgehead atoms. The van der Waals surface area contributed by atoms with E-state index in [9.17, 15) is 4.79 Å². The Labute approximate surface area is 224 Å². The maximum atomic E-state index is 10.4. The molecular formula is C33H43ClO2. The number of rotatable bonds is 7. The Morgan fingerprint density at radius 2 is 1.56 bits per heavy atom. The fourth-order valence-electron chi connectivity index (χ4n) is 3.58. The average Bonchev–Trinajstić information content (AvgIpc) is 2.91. The predicted molar refractivity (Wildman–Crippen MR) is 160 cm³/mol. The van der Waals surface area contributed by atoms with E-state index < -0.39 is 0 Å². The molecule has 0 atom stereocenters. The molecule has 2 nitrogen and oxygen atoms in total. The third kappa shape index (κ3) is 11.6. The summed E-state index contributed by atoms with van der Waals surface area (Å²) in [6.45, 7) is 18.8. The van der Waals surface area contributed by atoms with Gasteiger partial charge in [-0.25, -0.2) is 0 Å². The van der Waals surface area contributed by atoms with Gasteiger partial charge in [0.1, 0.15) is 5.75 Å². The van der Waals surface area contributed by atoms with Crippen LogP contribution < -0.4 is 4.74 Å². The van der Waals surface area contributed by atoms with E-state index in [1.54, 1.807) is 18.2 Å². The van der Waals surface area contributed by atoms with Crippen molar-refractivity contribution in [1.29, 1.82) is 0 Å². The van der Waals surface area contributed by atoms with Crippen LogP contribution in [0.2, 0.25) is 5.02 Å². The first-order chi connectivity index (χ1) is 17.3. The summed E-state index contributed by atoms with van der Waals surface area (Å²) in [4.78, 5) is 10.4. The second-order valence-corrected chi connectivity index (χ2v) is 8.57. The number of ether oxygens (including phenoxy) is 1. The second-order valence-electron chi connectivity index (χ2n) is 8.13. The highest BCUT2D eigenvalue weighted by molar-refractivity contribution is 6.30. The maximum Gasteiger partial charge on any atom is 0.153 e. The summed E-state index contributed by atoms with van der Waals surface area (Å²) in [5.74, 6) is 0.546. The minimum atomic E-state index is 0.472. The highest BCUT2D eigenvalue weighted by Gasteiger charge is 2.05. The van der Waals surface area contributed by atoms with Crippen LogP contribution in [0.3, 0.4) is 0 Å². The monoisotopic (exact) mass is 506 g/mol. The summed E-state index contributed by atoms with van der Waals surface area (Å²) in [7, 11) is 1.51. The predicted octanol–water partition coefficient (Wildman–Crippen LogP) is 10.1. The van der Waals surface area contributed by atoms with Crippen molar-refractivity contribution in [2.45, 2.75) is 60.8 Å². The summed E-state index contributed by atoms with van der Waals surface area (Å²) in [6, 6.07) is 22.5. The van der Waals surface area contributed by atoms with E-state index in [1.165, 1.54) is 46.9 Å². The van der Waals surface area contributed by atoms with Crippen LogP contribution >= 0.6 is 11.6 Å². The molecule has 3 aromatic carbocycles. The van der Waals surface area contributed by atoms with Gasteiger partial charge in [-0.15, -0.1) is 13.2 Å². The molecule has 36 heavy (non-hydrogen) atoms. The normalized spacial score (nSPS) is 9.22. The number of aldehydes is 1. The molecule has 0 aliphatic carbocycles. The van der Waals surface area contributed by atoms with Crippen molar-refractivity contribution < 1.29 is 9.53 Å². The Hall–Kier alpha value is -3.10. The van der Waals surface area contributed by atoms with E-state index in [2.05, 4.69) is 89.4 Å². The van der Waals surface area contributed by atoms with Crippen LogP contribution in [0.4, 0.5) is 0 Å². The topological polar surface area (TPSA) is 26.3 Å². The molecule has 0 aliphatic rings. The molecule has 0 saturated carbocycles. The Balaban J connectivity index is 0.000000688. The summed E-state index contributed by atoms with van der Waals surface area (Å²) < 4.78 is 4.90. The van der Waals surface area contributed by atoms with E-state index in [-0.39, 0.29) is 0 Å². The van der Waals surface area contributed by atoms with E-state index >= 15 is 0 Å². The van der Waals surface area contributed by atoms with Crippen LogP contribution in [0.15, 0.2) is 85.5 Å². The van der Waals surface area contributed by atoms with Crippen molar-refractivity contribution in [2.75, 3.05) is 7.11 Å². The van der Waals surface area contributed by atoms with Crippen LogP contribution in [0, 0.1) is 13.8 Å². The number of methoxy groups -OCH3 is 1. The van der Waals surface area contributed by atoms with Crippen LogP contribution in [0.1, 0.15) is 73.1 Å². The minimum absolute atomic E-state index is 0.472. The molecule has 0 aliphatic heterocycles. The number of benzene rings is 3. The molecule has 0 radical (unpaired) electrons. The standard InChI is InChI=1S/C21H26.C8H7ClO2.C2H6.C2H4/c1-16(2)21(20-14-12-17(3)13-15-20)11-7-10-19-9-6-5-8-18(19)4;1-11-8-3-2-7(9)4-6(8)5-10;2*1-2/h5-6,8-9,12-15H,7,10-11H2,1-4H3;2-5H,1H3;1-2H3;1-2H2. The van der Waals surface area contributed by atoms with Gasteiger partial charge in [-0.2, -0.15) is 0 Å². The molecule has 0 fully saturated rings. The first-order valence-electron chi connectivity index (χ1n) is 12.4. The summed E-state index contributed by atoms with van der Waals surface area (Å²) in [6.07, 6.45) is 4.24. The van der Waals surface area contributed by atoms with Crippen LogP contribution in [-0.4, -0.2) is 13.4 Å². The van der Waals surface area contributed by atoms with Crippen molar-refractivity contribution in [3.63, 3.8) is 0 Å². The summed E-state index contributed by atoms with van der Waals surface area (Å²) in [5.41, 5.74) is 9.01. The Morgan fingerprint density at radius 3 is 2.08 bits per heavy atom. The maximum absolute atomic E-state index is 10.4. The van der Waals surface area contributed by atoms with Gasteiger partial charge in [0.25, 0.3) is 0 Å². The molecule has 3 rings (SSSR count). The zero-order valence-electron chi connectivity index (χ0n) is 23.2. The third-order valence-corrected chi connectivity index (χ3v) is 5.69. The number of carbonyl (C=O) groups excluding carboxylic acids is 1. The van der Waals surface area contributed by atoms with Gasteiger partial charge in [0.2, 0.25) is 0 Å². The third-order valence-electron chi connectivity index (χ3n) is 5.46. The molecule has 3 aromatic rings. The quantitative estimate of drug-likeness (QED) is 0.235. The first kappa shape index (κ1) is 32.9. The van der Waals surface area contributed by atoms with Gasteiger partial charge in [0.05, 0.1) is 12.7 Å². The molecule has 194 valence electrons. The molecule has 0 saturated heterocycles. The zero-order valence-corrected chi connectivity index (χ0v) is 23.9. The van der Waals surface area contributed by atoms with Gasteiger partial charge >= 0.3 is 0 Å². The van der Waals surface area contributed by atoms with Gasteiger partial charge in [-0.1, -0.05) is 85.1 Å². The van der Waals surface area contributed by atoms with Gasteiger partial charge in [-0.3, -0.25) is 4.79 Å². The first-order valence-corrected chi connectivity index (χ1v) is 12.8. The lowest BCUT2D eigenvalue weighted by Crippen LogP contribution is -1.93. The van der Waals surface area contributed by atoms with Crippen LogP contribution in [-0.2, 0) is 6.42 Å². The van der Waals surface area contributed by atoms with Crippen molar-refractivity contribution in [3.05, 3.63) is 118 Å². The van der Waals surface area contributed by atoms with Crippen molar-refractivity contribution in [1.82, 2.24) is 0 Å². The number of hydrogen-bond acceptors (Lipinski definition) is 2.